The minimum Gasteiger partial charge on any atom is -0.870 e. The lowest BCUT2D eigenvalue weighted by Gasteiger charge is -2.05. The summed E-state index contributed by atoms with van der Waals surface area (Å²) in [7, 11) is 1.79. The van der Waals surface area contributed by atoms with Crippen LogP contribution in [0.3, 0.4) is 0 Å². The molecule has 0 saturated carbocycles. The summed E-state index contributed by atoms with van der Waals surface area (Å²) in [5.41, 5.74) is 17.4. The number of nitro groups is 3. The number of nitrogens with one attached hydrogen (secondary N) is 3. The van der Waals surface area contributed by atoms with Crippen molar-refractivity contribution in [3.05, 3.63) is 286 Å². The van der Waals surface area contributed by atoms with Crippen LogP contribution < -0.4 is 9.36 Å². The molecule has 46 heteroatoms. The molecule has 0 spiro atoms. The van der Waals surface area contributed by atoms with Crippen molar-refractivity contribution < 1.29 is 59.1 Å². The largest absolute Gasteiger partial charge is 0.870 e. The molecule has 0 aliphatic carbocycles. The van der Waals surface area contributed by atoms with Gasteiger partial charge in [-0.2, -0.15) is 51.0 Å². The number of Topliss-reactive ketones (excluding diaryl/α,β-unsaturated/α-hetero) is 5. The second-order valence-electron chi connectivity index (χ2n) is 30.5. The molecule has 5 N–H and O–H groups in total. The van der Waals surface area contributed by atoms with E-state index in [1.807, 2.05) is 120 Å². The zero-order chi connectivity index (χ0) is 95.8. The molecule has 10 heterocycles. The van der Waals surface area contributed by atoms with Crippen molar-refractivity contribution in [2.24, 2.45) is 68.4 Å². The van der Waals surface area contributed by atoms with Crippen LogP contribution in [0.5, 0.6) is 0 Å². The van der Waals surface area contributed by atoms with Crippen molar-refractivity contribution in [2.45, 2.75) is 86.7 Å². The average molecular weight is 1960 g/mol. The van der Waals surface area contributed by atoms with Crippen LogP contribution in [0.2, 0.25) is 5.02 Å². The van der Waals surface area contributed by atoms with E-state index in [0.29, 0.717) is 133 Å². The predicted molar refractivity (Wildman–Crippen MR) is 534 cm³/mol. The number of rotatable bonds is 29. The number of non-ortho nitro benzene ring substituents is 3. The van der Waals surface area contributed by atoms with E-state index in [2.05, 4.69) is 104 Å². The number of carbonyl (C=O) groups excluding carboxylic acids is 5. The van der Waals surface area contributed by atoms with Crippen LogP contribution in [0.1, 0.15) is 107 Å². The van der Waals surface area contributed by atoms with E-state index in [4.69, 9.17) is 11.6 Å². The predicted octanol–water partition coefficient (Wildman–Crippen LogP) is 17.7. The summed E-state index contributed by atoms with van der Waals surface area (Å²) in [5.74, 6) is 2.17. The fourth-order valence-electron chi connectivity index (χ4n) is 13.3. The Balaban J connectivity index is 0.000000164. The minimum atomic E-state index is -0.436. The Morgan fingerprint density at radius 1 is 0.438 bits per heavy atom. The molecule has 0 amide bonds. The summed E-state index contributed by atoms with van der Waals surface area (Å²) < 4.78 is 7.23. The number of carbonyl (C=O) groups is 5. The SMILES string of the molecule is CC(=O)CSC1=NN=C(c2cc(-c3ccn(C)n3)cc([N+](=O)[O-])c2)C1.CC(=O)CSC1=NN=C(c2cc(-c3cn[nH]c3)cc([N+](=O)[O-])c2)C1.CC(=O)CSC1=NN=C(c2cc(N=O)cc(-c3c[nH][n+](-c4cccc(Cl)c4)c3)c2)C1.CC(=O)CSC1=NN=C(c2cc(N=O)cc(-c3c[nH][n+](Cc4ccccc4)c3)c2)C1.CCn1cc(-c2cc(C3=NN=C(SCC(C)=O)C3)cc([N+](=O)[O-])c2)cn1.[OH-].[OH-]. The van der Waals surface area contributed by atoms with Gasteiger partial charge in [0.1, 0.15) is 65.5 Å². The van der Waals surface area contributed by atoms with Crippen molar-refractivity contribution in [2.75, 3.05) is 28.8 Å². The van der Waals surface area contributed by atoms with Gasteiger partial charge < -0.3 is 11.0 Å². The van der Waals surface area contributed by atoms with Crippen molar-refractivity contribution in [1.82, 2.24) is 40.0 Å². The molecule has 0 radical (unpaired) electrons. The fraction of sp³-hybridized carbons (Fsp3) is 0.209. The number of aromatic amines is 3. The Kier molecular flexibility index (Phi) is 36.5. The molecule has 137 heavy (non-hydrogen) atoms. The van der Waals surface area contributed by atoms with Crippen LogP contribution in [0.25, 0.3) is 61.5 Å². The molecule has 5 aliphatic rings. The maximum atomic E-state index is 11.3. The third-order valence-corrected chi connectivity index (χ3v) is 25.5. The zero-order valence-corrected chi connectivity index (χ0v) is 78.9. The summed E-state index contributed by atoms with van der Waals surface area (Å²) in [6, 6.07) is 44.8. The van der Waals surface area contributed by atoms with Gasteiger partial charge in [-0.3, -0.25) is 68.8 Å². The van der Waals surface area contributed by atoms with E-state index in [-0.39, 0.29) is 56.9 Å². The standard InChI is InChI=1S/C22H19N5O2S.C21H16ClN5O2S.C17H17N5O3S.C16H15N5O3S.C15H13N5O3S.2H2O/c1-15(28)14-30-22-10-21(24-25-22)18-7-17(8-20(9-18)26-29)19-11-23-27(13-19)12-16-5-3-2-4-6-16;1-13(28)12-30-21-9-20(24-25-21)15-5-14(6-18(7-15)26-29)16-10-23-27(11-16)19-4-2-3-17(22)8-19;1-3-21-9-14(8-18-21)12-4-13(6-15(5-12)22(24)25)16-7-17(20-19-16)26-10-11(2)23;1-10(22)9-25-16-8-15(17-18-16)12-5-11(6-13(7-12)21(23)24)14-3-4-20(2)19-14;1-9(21)8-24-15-5-14(18-19-15)11-2-10(12-6-16-17-7-12)3-13(4-11)20(22)23;;/h2-9,11,13H,10,12,14H2,1H3;2-8,10-11H,9,12H2,1H3;4-6,8-9H,3,7,10H2,1-2H3;3-7H,8-9H2,1-2H3;2-4,6-7H,5,8H2,1H3,(H,16,17);2*1H2. The molecule has 40 nitrogen and oxygen atoms in total. The van der Waals surface area contributed by atoms with Gasteiger partial charge in [0, 0.05) is 168 Å². The number of nitro benzene ring substituents is 3. The molecule has 7 aromatic carbocycles. The number of aromatic nitrogens is 10. The first-order chi connectivity index (χ1) is 65.0. The summed E-state index contributed by atoms with van der Waals surface area (Å²) in [4.78, 5) is 111. The Labute approximate surface area is 806 Å². The van der Waals surface area contributed by atoms with Crippen molar-refractivity contribution >= 4 is 182 Å². The second-order valence-corrected chi connectivity index (χ2v) is 36.1. The number of hydrogen-bond donors (Lipinski definition) is 3. The van der Waals surface area contributed by atoms with Crippen LogP contribution in [0.4, 0.5) is 28.4 Å². The van der Waals surface area contributed by atoms with Gasteiger partial charge in [-0.25, -0.2) is 0 Å². The number of H-pyrrole nitrogens is 3. The van der Waals surface area contributed by atoms with E-state index < -0.39 is 14.8 Å². The number of hydrogen-bond acceptors (Lipinski definition) is 35. The number of halogens is 1. The van der Waals surface area contributed by atoms with Gasteiger partial charge in [-0.1, -0.05) is 52.7 Å². The van der Waals surface area contributed by atoms with Crippen molar-refractivity contribution in [3.63, 3.8) is 0 Å². The van der Waals surface area contributed by atoms with Gasteiger partial charge in [-0.15, -0.1) is 98.8 Å². The highest BCUT2D eigenvalue weighted by molar-refractivity contribution is 8.15. The maximum absolute atomic E-state index is 11.3. The summed E-state index contributed by atoms with van der Waals surface area (Å²) in [6.45, 7) is 11.1. The number of aryl methyl sites for hydroxylation is 2. The topological polar surface area (TPSA) is 561 Å². The lowest BCUT2D eigenvalue weighted by atomic mass is 10.0. The second kappa shape index (κ2) is 48.8. The van der Waals surface area contributed by atoms with E-state index in [1.165, 1.54) is 122 Å². The molecule has 0 unspecified atom stereocenters. The summed E-state index contributed by atoms with van der Waals surface area (Å²) in [5, 5.41) is 107. The third kappa shape index (κ3) is 29.3. The summed E-state index contributed by atoms with van der Waals surface area (Å²) >= 11 is 12.9. The number of nitrogens with zero attached hydrogens (tertiary/aromatic N) is 22. The molecule has 5 aliphatic heterocycles. The van der Waals surface area contributed by atoms with Gasteiger partial charge in [0.05, 0.1) is 114 Å². The lowest BCUT2D eigenvalue weighted by molar-refractivity contribution is -0.742. The first-order valence-electron chi connectivity index (χ1n) is 41.2. The van der Waals surface area contributed by atoms with E-state index in [0.717, 1.165) is 99.9 Å². The highest BCUT2D eigenvalue weighted by Crippen LogP contribution is 2.36. The van der Waals surface area contributed by atoms with E-state index >= 15 is 0 Å². The highest BCUT2D eigenvalue weighted by Gasteiger charge is 2.27. The summed E-state index contributed by atoms with van der Waals surface area (Å²) in [6.07, 6.45) is 18.7. The Hall–Kier alpha value is -15.0. The van der Waals surface area contributed by atoms with Gasteiger partial charge in [0.2, 0.25) is 18.1 Å². The quantitative estimate of drug-likeness (QED) is 0.0170. The number of thioether (sulfide) groups is 5. The van der Waals surface area contributed by atoms with E-state index in [9.17, 15) is 64.1 Å². The van der Waals surface area contributed by atoms with Gasteiger partial charge in [-0.05, 0) is 141 Å². The zero-order valence-electron chi connectivity index (χ0n) is 74.1. The van der Waals surface area contributed by atoms with Crippen LogP contribution in [0, 0.1) is 40.2 Å². The smallest absolute Gasteiger partial charge is 0.270 e. The molecule has 17 rings (SSSR count). The molecular formula is C91H84ClN25O15S5. The van der Waals surface area contributed by atoms with Crippen LogP contribution in [0.15, 0.2) is 269 Å². The van der Waals surface area contributed by atoms with Crippen molar-refractivity contribution in [3.8, 4) is 61.5 Å². The van der Waals surface area contributed by atoms with E-state index in [1.54, 1.807) is 85.4 Å². The Morgan fingerprint density at radius 2 is 0.825 bits per heavy atom. The van der Waals surface area contributed by atoms with Crippen LogP contribution in [-0.4, -0.2) is 177 Å². The van der Waals surface area contributed by atoms with Gasteiger partial charge in [0.15, 0.2) is 6.54 Å². The number of nitroso groups, excluding NO2 is 2. The monoisotopic (exact) mass is 1960 g/mol. The minimum absolute atomic E-state index is 0. The molecule has 700 valence electrons. The molecule has 12 aromatic rings. The molecule has 0 fully saturated rings. The first-order valence-corrected chi connectivity index (χ1v) is 46.5. The maximum Gasteiger partial charge on any atom is 0.270 e. The molecular weight excluding hydrogens is 1880 g/mol. The lowest BCUT2D eigenvalue weighted by Crippen LogP contribution is -2.35. The normalized spacial score (nSPS) is 13.1. The Morgan fingerprint density at radius 3 is 1.20 bits per heavy atom. The number of benzene rings is 7. The highest BCUT2D eigenvalue weighted by atomic mass is 35.5. The number of ketones is 5. The van der Waals surface area contributed by atoms with Gasteiger partial charge in [0.25, 0.3) is 17.1 Å². The fourth-order valence-corrected chi connectivity index (χ4v) is 17.0. The average Bonchev–Trinajstić information content (AvgIpc) is 1.73. The molecule has 5 aromatic heterocycles. The van der Waals surface area contributed by atoms with Gasteiger partial charge >= 0.3 is 0 Å². The molecule has 0 atom stereocenters. The van der Waals surface area contributed by atoms with Crippen LogP contribution >= 0.6 is 70.4 Å². The first kappa shape index (κ1) is 103. The van der Waals surface area contributed by atoms with Crippen LogP contribution in [-0.2, 0) is 44.1 Å². The Bertz CT molecular complexity index is 6960. The molecule has 0 bridgehead atoms. The van der Waals surface area contributed by atoms with Crippen molar-refractivity contribution in [1.29, 1.82) is 0 Å². The third-order valence-electron chi connectivity index (χ3n) is 19.7. The molecule has 0 saturated heterocycles.